The molecule has 6 rings (SSSR count). The lowest BCUT2D eigenvalue weighted by Crippen LogP contribution is -2.60. The fraction of sp³-hybridized carbons (Fsp3) is 0.357. The van der Waals surface area contributed by atoms with Gasteiger partial charge >= 0.3 is 6.09 Å². The molecule has 2 unspecified atom stereocenters. The van der Waals surface area contributed by atoms with Crippen LogP contribution in [0.15, 0.2) is 60.9 Å². The van der Waals surface area contributed by atoms with Crippen LogP contribution in [0.3, 0.4) is 0 Å². The van der Waals surface area contributed by atoms with Gasteiger partial charge in [-0.25, -0.2) is 9.78 Å². The first-order chi connectivity index (χ1) is 17.1. The number of ketones is 1. The number of aryl methyl sites for hydroxylation is 1. The fourth-order valence-electron chi connectivity index (χ4n) is 5.89. The van der Waals surface area contributed by atoms with Crippen molar-refractivity contribution in [2.45, 2.75) is 37.8 Å². The van der Waals surface area contributed by atoms with Gasteiger partial charge in [0.15, 0.2) is 5.78 Å². The Hall–Kier alpha value is -3.58. The average molecular weight is 470 g/mol. The fourth-order valence-corrected chi connectivity index (χ4v) is 5.89. The van der Waals surface area contributed by atoms with Gasteiger partial charge in [-0.05, 0) is 42.0 Å². The molecule has 2 bridgehead atoms. The molecule has 3 heterocycles. The summed E-state index contributed by atoms with van der Waals surface area (Å²) in [5.74, 6) is -0.200. The Balaban J connectivity index is 1.17. The molecule has 2 aliphatic heterocycles. The maximum absolute atomic E-state index is 13.3. The molecule has 1 aromatic heterocycles. The van der Waals surface area contributed by atoms with Crippen molar-refractivity contribution in [1.29, 1.82) is 0 Å². The van der Waals surface area contributed by atoms with Crippen LogP contribution in [0.5, 0.6) is 0 Å². The highest BCUT2D eigenvalue weighted by molar-refractivity contribution is 5.96. The zero-order valence-corrected chi connectivity index (χ0v) is 19.6. The Morgan fingerprint density at radius 2 is 1.60 bits per heavy atom. The quantitative estimate of drug-likeness (QED) is 0.527. The molecular weight excluding hydrogens is 442 g/mol. The summed E-state index contributed by atoms with van der Waals surface area (Å²) in [4.78, 5) is 36.7. The number of hydrogen-bond acceptors (Lipinski definition) is 6. The van der Waals surface area contributed by atoms with E-state index in [1.807, 2.05) is 36.1 Å². The van der Waals surface area contributed by atoms with Gasteiger partial charge in [0.2, 0.25) is 0 Å². The Kier molecular flexibility index (Phi) is 5.57. The molecule has 2 saturated heterocycles. The van der Waals surface area contributed by atoms with Crippen LogP contribution in [0, 0.1) is 12.8 Å². The molecule has 7 heteroatoms. The van der Waals surface area contributed by atoms with E-state index >= 15 is 0 Å². The number of carbonyl (C=O) groups is 2. The minimum Gasteiger partial charge on any atom is -0.448 e. The molecule has 178 valence electrons. The third kappa shape index (κ3) is 3.90. The summed E-state index contributed by atoms with van der Waals surface area (Å²) in [7, 11) is 0. The number of fused-ring (bicyclic) bond motifs is 5. The van der Waals surface area contributed by atoms with Crippen molar-refractivity contribution in [3.05, 3.63) is 83.4 Å². The van der Waals surface area contributed by atoms with E-state index in [0.29, 0.717) is 31.7 Å². The van der Waals surface area contributed by atoms with Crippen molar-refractivity contribution < 1.29 is 19.1 Å². The highest BCUT2D eigenvalue weighted by Gasteiger charge is 2.45. The standard InChI is InChI=1S/C28H27N3O4/c1-17-12-29-13-26(30-17)27(32)18-10-19-14-34-15-20(11-18)31(19)28(33)35-16-25-23-8-4-2-6-21(23)22-7-3-5-9-24(22)25/h2-9,12-13,18-20,25H,10-11,14-16H2,1H3. The van der Waals surface area contributed by atoms with Gasteiger partial charge in [0.25, 0.3) is 0 Å². The minimum atomic E-state index is -0.327. The summed E-state index contributed by atoms with van der Waals surface area (Å²) in [6, 6.07) is 16.2. The summed E-state index contributed by atoms with van der Waals surface area (Å²) in [6.45, 7) is 2.92. The van der Waals surface area contributed by atoms with Crippen LogP contribution in [-0.4, -0.2) is 58.6 Å². The van der Waals surface area contributed by atoms with Crippen LogP contribution >= 0.6 is 0 Å². The van der Waals surface area contributed by atoms with Crippen molar-refractivity contribution in [3.63, 3.8) is 0 Å². The molecule has 2 aromatic carbocycles. The number of Topliss-reactive ketones (excluding diaryl/α,β-unsaturated/α-hetero) is 1. The van der Waals surface area contributed by atoms with Crippen molar-refractivity contribution in [3.8, 4) is 11.1 Å². The minimum absolute atomic E-state index is 0.00899. The molecule has 7 nitrogen and oxygen atoms in total. The van der Waals surface area contributed by atoms with Crippen LogP contribution in [0.4, 0.5) is 4.79 Å². The van der Waals surface area contributed by atoms with E-state index in [0.717, 1.165) is 5.69 Å². The summed E-state index contributed by atoms with van der Waals surface area (Å²) in [5.41, 5.74) is 5.89. The van der Waals surface area contributed by atoms with Gasteiger partial charge in [0.1, 0.15) is 12.3 Å². The number of amides is 1. The van der Waals surface area contributed by atoms with Gasteiger partial charge in [-0.1, -0.05) is 48.5 Å². The second-order valence-corrected chi connectivity index (χ2v) is 9.63. The number of carbonyl (C=O) groups excluding carboxylic acids is 2. The molecule has 2 atom stereocenters. The Morgan fingerprint density at radius 3 is 2.23 bits per heavy atom. The van der Waals surface area contributed by atoms with Crippen LogP contribution in [0.25, 0.3) is 11.1 Å². The van der Waals surface area contributed by atoms with E-state index < -0.39 is 0 Å². The van der Waals surface area contributed by atoms with E-state index in [-0.39, 0.29) is 42.4 Å². The number of morpholine rings is 1. The number of rotatable bonds is 4. The smallest absolute Gasteiger partial charge is 0.410 e. The topological polar surface area (TPSA) is 81.6 Å². The summed E-state index contributed by atoms with van der Waals surface area (Å²) in [5, 5.41) is 0. The van der Waals surface area contributed by atoms with Gasteiger partial charge in [0.05, 0.1) is 37.2 Å². The largest absolute Gasteiger partial charge is 0.448 e. The Morgan fingerprint density at radius 1 is 0.971 bits per heavy atom. The second kappa shape index (κ2) is 8.89. The predicted molar refractivity (Wildman–Crippen MR) is 129 cm³/mol. The Bertz CT molecular complexity index is 1230. The van der Waals surface area contributed by atoms with Crippen LogP contribution in [0.2, 0.25) is 0 Å². The van der Waals surface area contributed by atoms with E-state index in [2.05, 4.69) is 34.2 Å². The van der Waals surface area contributed by atoms with Crippen LogP contribution in [-0.2, 0) is 9.47 Å². The highest BCUT2D eigenvalue weighted by atomic mass is 16.6. The summed E-state index contributed by atoms with van der Waals surface area (Å²) in [6.07, 6.45) is 3.91. The second-order valence-electron chi connectivity index (χ2n) is 9.63. The van der Waals surface area contributed by atoms with E-state index in [1.54, 1.807) is 6.20 Å². The lowest BCUT2D eigenvalue weighted by molar-refractivity contribution is -0.0748. The molecule has 1 amide bonds. The van der Waals surface area contributed by atoms with Gasteiger partial charge in [0, 0.05) is 18.0 Å². The third-order valence-corrected chi connectivity index (χ3v) is 7.45. The number of hydrogen-bond donors (Lipinski definition) is 0. The first-order valence-electron chi connectivity index (χ1n) is 12.1. The maximum Gasteiger partial charge on any atom is 0.410 e. The SMILES string of the molecule is Cc1cncc(C(=O)C2CC3COCC(C2)N3C(=O)OCC2c3ccccc3-c3ccccc32)n1. The zero-order valence-electron chi connectivity index (χ0n) is 19.6. The monoisotopic (exact) mass is 469 g/mol. The van der Waals surface area contributed by atoms with Gasteiger partial charge in [-0.3, -0.25) is 14.7 Å². The van der Waals surface area contributed by atoms with Crippen molar-refractivity contribution in [2.24, 2.45) is 5.92 Å². The number of aromatic nitrogens is 2. The third-order valence-electron chi connectivity index (χ3n) is 7.45. The van der Waals surface area contributed by atoms with Gasteiger partial charge in [-0.15, -0.1) is 0 Å². The Labute approximate surface area is 204 Å². The first kappa shape index (κ1) is 21.9. The van der Waals surface area contributed by atoms with Crippen LogP contribution < -0.4 is 0 Å². The van der Waals surface area contributed by atoms with Crippen molar-refractivity contribution in [1.82, 2.24) is 14.9 Å². The predicted octanol–water partition coefficient (Wildman–Crippen LogP) is 4.40. The molecule has 0 spiro atoms. The molecule has 35 heavy (non-hydrogen) atoms. The number of benzene rings is 2. The number of nitrogens with zero attached hydrogens (tertiary/aromatic N) is 3. The van der Waals surface area contributed by atoms with Crippen LogP contribution in [0.1, 0.15) is 46.1 Å². The lowest BCUT2D eigenvalue weighted by atomic mass is 9.82. The molecule has 0 radical (unpaired) electrons. The molecular formula is C28H27N3O4. The number of ether oxygens (including phenoxy) is 2. The number of piperidine rings is 1. The van der Waals surface area contributed by atoms with E-state index in [4.69, 9.17) is 9.47 Å². The van der Waals surface area contributed by atoms with Crippen molar-refractivity contribution >= 4 is 11.9 Å². The molecule has 2 fully saturated rings. The molecule has 0 N–H and O–H groups in total. The highest BCUT2D eigenvalue weighted by Crippen LogP contribution is 2.44. The average Bonchev–Trinajstić information content (AvgIpc) is 3.20. The molecule has 3 aliphatic rings. The maximum atomic E-state index is 13.3. The first-order valence-corrected chi connectivity index (χ1v) is 12.1. The van der Waals surface area contributed by atoms with Gasteiger partial charge < -0.3 is 9.47 Å². The molecule has 0 saturated carbocycles. The summed E-state index contributed by atoms with van der Waals surface area (Å²) >= 11 is 0. The molecule has 3 aromatic rings. The van der Waals surface area contributed by atoms with E-state index in [9.17, 15) is 9.59 Å². The lowest BCUT2D eigenvalue weighted by Gasteiger charge is -2.47. The van der Waals surface area contributed by atoms with Gasteiger partial charge in [-0.2, -0.15) is 0 Å². The van der Waals surface area contributed by atoms with E-state index in [1.165, 1.54) is 28.5 Å². The zero-order chi connectivity index (χ0) is 23.9. The molecule has 1 aliphatic carbocycles. The van der Waals surface area contributed by atoms with Crippen molar-refractivity contribution in [2.75, 3.05) is 19.8 Å². The summed E-state index contributed by atoms with van der Waals surface area (Å²) < 4.78 is 11.7. The normalized spacial score (nSPS) is 22.9.